The number of rotatable bonds is 4. The van der Waals surface area contributed by atoms with E-state index in [2.05, 4.69) is 0 Å². The first kappa shape index (κ1) is 11.4. The molecule has 0 radical (unpaired) electrons. The number of aliphatic hydroxyl groups is 1. The van der Waals surface area contributed by atoms with Gasteiger partial charge in [0, 0.05) is 13.6 Å². The van der Waals surface area contributed by atoms with E-state index >= 15 is 0 Å². The first-order valence-corrected chi connectivity index (χ1v) is 7.12. The largest absolute Gasteiger partial charge is 0.389 e. The minimum atomic E-state index is -3.12. The topological polar surface area (TPSA) is 57.6 Å². The van der Waals surface area contributed by atoms with E-state index in [4.69, 9.17) is 0 Å². The lowest BCUT2D eigenvalue weighted by molar-refractivity contribution is 0.0333. The maximum atomic E-state index is 11.8. The molecule has 0 unspecified atom stereocenters. The Balaban J connectivity index is 1.99. The summed E-state index contributed by atoms with van der Waals surface area (Å²) in [5, 5.41) is 9.95. The maximum Gasteiger partial charge on any atom is 0.216 e. The van der Waals surface area contributed by atoms with Gasteiger partial charge in [-0.05, 0) is 25.7 Å². The zero-order valence-electron chi connectivity index (χ0n) is 9.15. The first-order chi connectivity index (χ1) is 6.94. The highest BCUT2D eigenvalue weighted by atomic mass is 32.2. The van der Waals surface area contributed by atoms with Crippen molar-refractivity contribution in [1.82, 2.24) is 4.31 Å². The van der Waals surface area contributed by atoms with Crippen LogP contribution in [0.2, 0.25) is 0 Å². The molecule has 1 N–H and O–H groups in total. The summed E-state index contributed by atoms with van der Waals surface area (Å²) >= 11 is 0. The molecule has 15 heavy (non-hydrogen) atoms. The molecule has 0 saturated heterocycles. The molecular formula is C10H19NO3S. The molecule has 2 aliphatic carbocycles. The van der Waals surface area contributed by atoms with Crippen LogP contribution in [-0.2, 0) is 10.0 Å². The summed E-state index contributed by atoms with van der Waals surface area (Å²) in [7, 11) is -1.53. The van der Waals surface area contributed by atoms with Crippen LogP contribution in [0.4, 0.5) is 0 Å². The molecule has 4 nitrogen and oxygen atoms in total. The average Bonchev–Trinajstić information content (AvgIpc) is 2.91. The summed E-state index contributed by atoms with van der Waals surface area (Å²) in [6.45, 7) is 0.270. The van der Waals surface area contributed by atoms with Crippen LogP contribution in [0.15, 0.2) is 0 Å². The maximum absolute atomic E-state index is 11.8. The first-order valence-electron chi connectivity index (χ1n) is 5.62. The molecule has 2 saturated carbocycles. The van der Waals surface area contributed by atoms with Gasteiger partial charge in [0.1, 0.15) is 0 Å². The quantitative estimate of drug-likeness (QED) is 0.778. The summed E-state index contributed by atoms with van der Waals surface area (Å²) in [5.41, 5.74) is -0.767. The van der Waals surface area contributed by atoms with Gasteiger partial charge < -0.3 is 5.11 Å². The molecule has 88 valence electrons. The molecule has 2 fully saturated rings. The van der Waals surface area contributed by atoms with Gasteiger partial charge in [-0.15, -0.1) is 0 Å². The lowest BCUT2D eigenvalue weighted by Crippen LogP contribution is -2.43. The third kappa shape index (κ3) is 2.34. The monoisotopic (exact) mass is 233 g/mol. The molecule has 0 aromatic carbocycles. The van der Waals surface area contributed by atoms with E-state index in [-0.39, 0.29) is 11.8 Å². The smallest absolute Gasteiger partial charge is 0.216 e. The molecular weight excluding hydrogens is 214 g/mol. The van der Waals surface area contributed by atoms with E-state index < -0.39 is 15.6 Å². The van der Waals surface area contributed by atoms with E-state index in [0.717, 1.165) is 38.5 Å². The summed E-state index contributed by atoms with van der Waals surface area (Å²) in [5.74, 6) is 0. The van der Waals surface area contributed by atoms with Crippen LogP contribution in [0.5, 0.6) is 0 Å². The van der Waals surface area contributed by atoms with Crippen LogP contribution in [0.3, 0.4) is 0 Å². The Kier molecular flexibility index (Phi) is 2.81. The highest BCUT2D eigenvalue weighted by molar-refractivity contribution is 7.90. The van der Waals surface area contributed by atoms with Gasteiger partial charge in [0.15, 0.2) is 0 Å². The second kappa shape index (κ2) is 3.71. The van der Waals surface area contributed by atoms with E-state index in [9.17, 15) is 13.5 Å². The van der Waals surface area contributed by atoms with Gasteiger partial charge in [-0.25, -0.2) is 12.7 Å². The van der Waals surface area contributed by atoms with Crippen molar-refractivity contribution in [2.24, 2.45) is 0 Å². The molecule has 0 aromatic heterocycles. The van der Waals surface area contributed by atoms with E-state index in [1.54, 1.807) is 7.05 Å². The molecule has 0 aromatic rings. The zero-order valence-corrected chi connectivity index (χ0v) is 9.96. The van der Waals surface area contributed by atoms with Crippen molar-refractivity contribution >= 4 is 10.0 Å². The Labute approximate surface area is 91.3 Å². The van der Waals surface area contributed by atoms with Crippen molar-refractivity contribution in [2.75, 3.05) is 13.6 Å². The SMILES string of the molecule is CN(CC1(O)CCCC1)S(=O)(=O)C1CC1. The Morgan fingerprint density at radius 1 is 1.33 bits per heavy atom. The lowest BCUT2D eigenvalue weighted by Gasteiger charge is -2.28. The second-order valence-electron chi connectivity index (χ2n) is 4.93. The Bertz CT molecular complexity index is 329. The number of nitrogens with zero attached hydrogens (tertiary/aromatic N) is 1. The number of hydrogen-bond acceptors (Lipinski definition) is 3. The summed E-state index contributed by atoms with van der Waals surface area (Å²) < 4.78 is 25.0. The van der Waals surface area contributed by atoms with Gasteiger partial charge >= 0.3 is 0 Å². The van der Waals surface area contributed by atoms with Gasteiger partial charge in [0.2, 0.25) is 10.0 Å². The van der Waals surface area contributed by atoms with Crippen LogP contribution in [0.1, 0.15) is 38.5 Å². The van der Waals surface area contributed by atoms with E-state index in [0.29, 0.717) is 0 Å². The van der Waals surface area contributed by atoms with Crippen LogP contribution < -0.4 is 0 Å². The number of sulfonamides is 1. The summed E-state index contributed by atoms with van der Waals surface area (Å²) in [6, 6.07) is 0. The van der Waals surface area contributed by atoms with E-state index in [1.165, 1.54) is 4.31 Å². The molecule has 0 bridgehead atoms. The molecule has 2 rings (SSSR count). The Morgan fingerprint density at radius 2 is 1.87 bits per heavy atom. The normalized spacial score (nSPS) is 26.1. The van der Waals surface area contributed by atoms with Crippen LogP contribution in [0.25, 0.3) is 0 Å². The molecule has 0 amide bonds. The van der Waals surface area contributed by atoms with Crippen LogP contribution >= 0.6 is 0 Å². The molecule has 2 aliphatic rings. The third-order valence-electron chi connectivity index (χ3n) is 3.43. The van der Waals surface area contributed by atoms with Crippen molar-refractivity contribution < 1.29 is 13.5 Å². The van der Waals surface area contributed by atoms with Crippen LogP contribution in [-0.4, -0.2) is 42.3 Å². The Hall–Kier alpha value is -0.130. The van der Waals surface area contributed by atoms with Crippen molar-refractivity contribution in [2.45, 2.75) is 49.4 Å². The summed E-state index contributed by atoms with van der Waals surface area (Å²) in [6.07, 6.45) is 5.05. The zero-order chi connectivity index (χ0) is 11.1. The standard InChI is InChI=1S/C10H19NO3S/c1-11(15(13,14)9-4-5-9)8-10(12)6-2-3-7-10/h9,12H,2-8H2,1H3. The highest BCUT2D eigenvalue weighted by Gasteiger charge is 2.42. The van der Waals surface area contributed by atoms with Crippen molar-refractivity contribution in [3.63, 3.8) is 0 Å². The molecule has 0 spiro atoms. The minimum Gasteiger partial charge on any atom is -0.389 e. The van der Waals surface area contributed by atoms with Crippen molar-refractivity contribution in [3.8, 4) is 0 Å². The Morgan fingerprint density at radius 3 is 2.33 bits per heavy atom. The minimum absolute atomic E-state index is 0.174. The van der Waals surface area contributed by atoms with Gasteiger partial charge in [0.25, 0.3) is 0 Å². The predicted octanol–water partition coefficient (Wildman–Crippen LogP) is 0.716. The predicted molar refractivity (Wildman–Crippen MR) is 58.0 cm³/mol. The van der Waals surface area contributed by atoms with Gasteiger partial charge in [-0.3, -0.25) is 0 Å². The van der Waals surface area contributed by atoms with Gasteiger partial charge in [-0.1, -0.05) is 12.8 Å². The molecule has 0 heterocycles. The van der Waals surface area contributed by atoms with E-state index in [1.807, 2.05) is 0 Å². The molecule has 5 heteroatoms. The van der Waals surface area contributed by atoms with Gasteiger partial charge in [0.05, 0.1) is 10.9 Å². The fourth-order valence-electron chi connectivity index (χ4n) is 2.32. The van der Waals surface area contributed by atoms with Crippen LogP contribution in [0, 0.1) is 0 Å². The highest BCUT2D eigenvalue weighted by Crippen LogP contribution is 2.34. The van der Waals surface area contributed by atoms with Crippen molar-refractivity contribution in [3.05, 3.63) is 0 Å². The van der Waals surface area contributed by atoms with Gasteiger partial charge in [-0.2, -0.15) is 0 Å². The summed E-state index contributed by atoms with van der Waals surface area (Å²) in [4.78, 5) is 0. The lowest BCUT2D eigenvalue weighted by atomic mass is 10.0. The fraction of sp³-hybridized carbons (Fsp3) is 1.00. The number of likely N-dealkylation sites (N-methyl/N-ethyl adjacent to an activating group) is 1. The average molecular weight is 233 g/mol. The fourth-order valence-corrected chi connectivity index (χ4v) is 3.98. The number of hydrogen-bond donors (Lipinski definition) is 1. The molecule has 0 atom stereocenters. The van der Waals surface area contributed by atoms with Crippen molar-refractivity contribution in [1.29, 1.82) is 0 Å². The third-order valence-corrected chi connectivity index (χ3v) is 5.74. The molecule has 0 aliphatic heterocycles. The second-order valence-corrected chi connectivity index (χ2v) is 7.25.